The van der Waals surface area contributed by atoms with E-state index in [9.17, 15) is 9.18 Å². The van der Waals surface area contributed by atoms with Gasteiger partial charge in [-0.1, -0.05) is 29.8 Å². The van der Waals surface area contributed by atoms with E-state index in [-0.39, 0.29) is 17.5 Å². The second-order valence-corrected chi connectivity index (χ2v) is 5.54. The van der Waals surface area contributed by atoms with Crippen LogP contribution in [0, 0.1) is 26.6 Å². The van der Waals surface area contributed by atoms with Crippen molar-refractivity contribution in [1.29, 1.82) is 0 Å². The van der Waals surface area contributed by atoms with Crippen molar-refractivity contribution in [2.45, 2.75) is 33.7 Å². The molecule has 0 aliphatic rings. The second kappa shape index (κ2) is 6.08. The molecule has 0 radical (unpaired) electrons. The summed E-state index contributed by atoms with van der Waals surface area (Å²) in [6, 6.07) is 10.6. The molecule has 0 spiro atoms. The van der Waals surface area contributed by atoms with E-state index >= 15 is 0 Å². The molecule has 0 saturated carbocycles. The van der Waals surface area contributed by atoms with Gasteiger partial charge in [-0.25, -0.2) is 4.39 Å². The minimum Gasteiger partial charge on any atom is -0.345 e. The number of rotatable bonds is 3. The predicted octanol–water partition coefficient (Wildman–Crippen LogP) is 4.24. The molecule has 2 rings (SSSR count). The van der Waals surface area contributed by atoms with E-state index in [0.717, 1.165) is 22.3 Å². The summed E-state index contributed by atoms with van der Waals surface area (Å²) >= 11 is 0. The maximum absolute atomic E-state index is 13.8. The zero-order chi connectivity index (χ0) is 15.6. The molecule has 1 unspecified atom stereocenters. The van der Waals surface area contributed by atoms with Gasteiger partial charge in [0.25, 0.3) is 5.91 Å². The van der Waals surface area contributed by atoms with Gasteiger partial charge >= 0.3 is 0 Å². The standard InChI is InChI=1S/C18H20FNO/c1-11-5-7-13(3)16(9-11)14(4)20-18(21)15-8-6-12(2)10-17(15)19/h5-10,14H,1-4H3,(H,20,21). The lowest BCUT2D eigenvalue weighted by Gasteiger charge is -2.17. The fraction of sp³-hybridized carbons (Fsp3) is 0.278. The fourth-order valence-electron chi connectivity index (χ4n) is 2.38. The van der Waals surface area contributed by atoms with Crippen LogP contribution < -0.4 is 5.32 Å². The van der Waals surface area contributed by atoms with Gasteiger partial charge in [0.05, 0.1) is 11.6 Å². The quantitative estimate of drug-likeness (QED) is 0.897. The predicted molar refractivity (Wildman–Crippen MR) is 82.9 cm³/mol. The Bertz CT molecular complexity index is 679. The first-order valence-electron chi connectivity index (χ1n) is 7.02. The van der Waals surface area contributed by atoms with Gasteiger partial charge in [0.2, 0.25) is 0 Å². The zero-order valence-corrected chi connectivity index (χ0v) is 12.8. The monoisotopic (exact) mass is 285 g/mol. The molecule has 1 atom stereocenters. The number of amides is 1. The van der Waals surface area contributed by atoms with Crippen LogP contribution in [0.2, 0.25) is 0 Å². The smallest absolute Gasteiger partial charge is 0.254 e. The van der Waals surface area contributed by atoms with Gasteiger partial charge in [-0.2, -0.15) is 0 Å². The Morgan fingerprint density at radius 3 is 2.33 bits per heavy atom. The number of nitrogens with one attached hydrogen (secondary N) is 1. The topological polar surface area (TPSA) is 29.1 Å². The molecule has 0 bridgehead atoms. The van der Waals surface area contributed by atoms with Gasteiger partial charge in [0.15, 0.2) is 0 Å². The normalized spacial score (nSPS) is 12.0. The molecule has 0 aliphatic carbocycles. The third-order valence-electron chi connectivity index (χ3n) is 3.62. The third-order valence-corrected chi connectivity index (χ3v) is 3.62. The van der Waals surface area contributed by atoms with Crippen LogP contribution >= 0.6 is 0 Å². The zero-order valence-electron chi connectivity index (χ0n) is 12.8. The molecule has 3 heteroatoms. The molecule has 0 aliphatic heterocycles. The van der Waals surface area contributed by atoms with Crippen LogP contribution in [0.4, 0.5) is 4.39 Å². The summed E-state index contributed by atoms with van der Waals surface area (Å²) in [7, 11) is 0. The number of carbonyl (C=O) groups excluding carboxylic acids is 1. The summed E-state index contributed by atoms with van der Waals surface area (Å²) in [6.07, 6.45) is 0. The molecule has 0 fully saturated rings. The minimum absolute atomic E-state index is 0.0813. The van der Waals surface area contributed by atoms with Crippen LogP contribution in [0.15, 0.2) is 36.4 Å². The Morgan fingerprint density at radius 2 is 1.67 bits per heavy atom. The van der Waals surface area contributed by atoms with Gasteiger partial charge in [0, 0.05) is 0 Å². The van der Waals surface area contributed by atoms with Crippen molar-refractivity contribution in [1.82, 2.24) is 5.32 Å². The molecule has 21 heavy (non-hydrogen) atoms. The van der Waals surface area contributed by atoms with E-state index in [4.69, 9.17) is 0 Å². The van der Waals surface area contributed by atoms with Gasteiger partial charge in [-0.15, -0.1) is 0 Å². The van der Waals surface area contributed by atoms with E-state index in [1.165, 1.54) is 12.1 Å². The highest BCUT2D eigenvalue weighted by Gasteiger charge is 2.16. The molecule has 2 nitrogen and oxygen atoms in total. The molecular formula is C18H20FNO. The summed E-state index contributed by atoms with van der Waals surface area (Å²) in [6.45, 7) is 7.72. The Balaban J connectivity index is 2.20. The summed E-state index contributed by atoms with van der Waals surface area (Å²) < 4.78 is 13.8. The van der Waals surface area contributed by atoms with E-state index in [1.807, 2.05) is 39.0 Å². The van der Waals surface area contributed by atoms with Crippen LogP contribution in [0.3, 0.4) is 0 Å². The maximum atomic E-state index is 13.8. The Kier molecular flexibility index (Phi) is 4.41. The Hall–Kier alpha value is -2.16. The van der Waals surface area contributed by atoms with Crippen LogP contribution in [0.1, 0.15) is 45.6 Å². The maximum Gasteiger partial charge on any atom is 0.254 e. The number of aryl methyl sites for hydroxylation is 3. The molecule has 1 N–H and O–H groups in total. The lowest BCUT2D eigenvalue weighted by molar-refractivity contribution is 0.0935. The van der Waals surface area contributed by atoms with Crippen LogP contribution in [-0.4, -0.2) is 5.91 Å². The van der Waals surface area contributed by atoms with Crippen molar-refractivity contribution in [3.05, 3.63) is 70.0 Å². The summed E-state index contributed by atoms with van der Waals surface area (Å²) in [5.41, 5.74) is 4.18. The van der Waals surface area contributed by atoms with Gasteiger partial charge in [0.1, 0.15) is 5.82 Å². The summed E-state index contributed by atoms with van der Waals surface area (Å²) in [5.74, 6) is -0.874. The number of halogens is 1. The lowest BCUT2D eigenvalue weighted by Crippen LogP contribution is -2.28. The Morgan fingerprint density at radius 1 is 1.05 bits per heavy atom. The van der Waals surface area contributed by atoms with Gasteiger partial charge in [-0.3, -0.25) is 4.79 Å². The van der Waals surface area contributed by atoms with E-state index in [0.29, 0.717) is 0 Å². The molecule has 110 valence electrons. The molecule has 2 aromatic carbocycles. The highest BCUT2D eigenvalue weighted by atomic mass is 19.1. The molecule has 0 heterocycles. The average Bonchev–Trinajstić information content (AvgIpc) is 2.41. The van der Waals surface area contributed by atoms with Gasteiger partial charge < -0.3 is 5.32 Å². The van der Waals surface area contributed by atoms with Crippen molar-refractivity contribution in [2.24, 2.45) is 0 Å². The van der Waals surface area contributed by atoms with E-state index in [1.54, 1.807) is 13.0 Å². The van der Waals surface area contributed by atoms with Crippen LogP contribution in [0.25, 0.3) is 0 Å². The van der Waals surface area contributed by atoms with Crippen molar-refractivity contribution in [3.8, 4) is 0 Å². The van der Waals surface area contributed by atoms with Crippen LogP contribution in [-0.2, 0) is 0 Å². The first-order valence-corrected chi connectivity index (χ1v) is 7.02. The lowest BCUT2D eigenvalue weighted by atomic mass is 9.99. The van der Waals surface area contributed by atoms with Crippen molar-refractivity contribution in [2.75, 3.05) is 0 Å². The highest BCUT2D eigenvalue weighted by molar-refractivity contribution is 5.94. The molecule has 0 aromatic heterocycles. The summed E-state index contributed by atoms with van der Waals surface area (Å²) in [4.78, 5) is 12.2. The second-order valence-electron chi connectivity index (χ2n) is 5.54. The first kappa shape index (κ1) is 15.2. The summed E-state index contributed by atoms with van der Waals surface area (Å²) in [5, 5.41) is 2.86. The number of hydrogen-bond donors (Lipinski definition) is 1. The number of benzene rings is 2. The van der Waals surface area contributed by atoms with E-state index in [2.05, 4.69) is 5.32 Å². The van der Waals surface area contributed by atoms with Crippen molar-refractivity contribution < 1.29 is 9.18 Å². The fourth-order valence-corrected chi connectivity index (χ4v) is 2.38. The average molecular weight is 285 g/mol. The van der Waals surface area contributed by atoms with Crippen LogP contribution in [0.5, 0.6) is 0 Å². The third kappa shape index (κ3) is 3.48. The number of hydrogen-bond acceptors (Lipinski definition) is 1. The first-order chi connectivity index (χ1) is 9.88. The number of carbonyl (C=O) groups is 1. The molecular weight excluding hydrogens is 265 g/mol. The highest BCUT2D eigenvalue weighted by Crippen LogP contribution is 2.20. The largest absolute Gasteiger partial charge is 0.345 e. The molecule has 0 saturated heterocycles. The van der Waals surface area contributed by atoms with Crippen molar-refractivity contribution >= 4 is 5.91 Å². The molecule has 2 aromatic rings. The Labute approximate surface area is 125 Å². The van der Waals surface area contributed by atoms with Crippen molar-refractivity contribution in [3.63, 3.8) is 0 Å². The van der Waals surface area contributed by atoms with Gasteiger partial charge in [-0.05, 0) is 56.5 Å². The SMILES string of the molecule is Cc1ccc(C(=O)NC(C)c2cc(C)ccc2C)c(F)c1. The minimum atomic E-state index is -0.485. The molecule has 1 amide bonds. The van der Waals surface area contributed by atoms with E-state index < -0.39 is 5.82 Å².